The van der Waals surface area contributed by atoms with Gasteiger partial charge in [0.15, 0.2) is 0 Å². The Labute approximate surface area is 149 Å². The maximum Gasteiger partial charge on any atom is 0.257 e. The van der Waals surface area contributed by atoms with E-state index in [4.69, 9.17) is 0 Å². The van der Waals surface area contributed by atoms with Gasteiger partial charge < -0.3 is 4.98 Å². The molecule has 1 fully saturated rings. The van der Waals surface area contributed by atoms with E-state index < -0.39 is 0 Å². The number of nitrogens with one attached hydrogen (secondary N) is 1. The minimum Gasteiger partial charge on any atom is -0.321 e. The smallest absolute Gasteiger partial charge is 0.257 e. The second-order valence-corrected chi connectivity index (χ2v) is 7.57. The summed E-state index contributed by atoms with van der Waals surface area (Å²) in [5, 5.41) is 3.12. The summed E-state index contributed by atoms with van der Waals surface area (Å²) in [6, 6.07) is 20.8. The lowest BCUT2D eigenvalue weighted by molar-refractivity contribution is 1.13. The van der Waals surface area contributed by atoms with Crippen LogP contribution >= 0.6 is 11.3 Å². The fourth-order valence-corrected chi connectivity index (χ4v) is 4.34. The van der Waals surface area contributed by atoms with Gasteiger partial charge in [-0.15, -0.1) is 11.3 Å². The Morgan fingerprint density at radius 2 is 1.80 bits per heavy atom. The predicted octanol–water partition coefficient (Wildman–Crippen LogP) is 5.80. The van der Waals surface area contributed by atoms with E-state index in [9.17, 15) is 4.79 Å². The molecule has 0 bridgehead atoms. The molecule has 2 aromatic carbocycles. The molecular weight excluding hydrogens is 326 g/mol. The van der Waals surface area contributed by atoms with Crippen molar-refractivity contribution in [3.8, 4) is 21.6 Å². The van der Waals surface area contributed by atoms with Crippen molar-refractivity contribution in [2.75, 3.05) is 0 Å². The normalized spacial score (nSPS) is 14.1. The number of para-hydroxylation sites is 1. The summed E-state index contributed by atoms with van der Waals surface area (Å²) in [6.07, 6.45) is 2.55. The summed E-state index contributed by atoms with van der Waals surface area (Å²) in [6.45, 7) is 0. The summed E-state index contributed by atoms with van der Waals surface area (Å²) >= 11 is 1.61. The van der Waals surface area contributed by atoms with Crippen molar-refractivity contribution in [3.63, 3.8) is 0 Å². The number of H-pyrrole nitrogens is 1. The van der Waals surface area contributed by atoms with Crippen molar-refractivity contribution in [2.24, 2.45) is 0 Å². The molecule has 0 spiro atoms. The highest BCUT2D eigenvalue weighted by Crippen LogP contribution is 2.43. The first-order chi connectivity index (χ1) is 12.3. The van der Waals surface area contributed by atoms with Gasteiger partial charge in [0.2, 0.25) is 0 Å². The van der Waals surface area contributed by atoms with Gasteiger partial charge in [0, 0.05) is 21.3 Å². The Balaban J connectivity index is 1.87. The standard InChI is InChI=1S/C22H17NOS/c24-22-21(19-9-4-12-25-19)20(17-7-1-2-8-18(17)23-22)16-6-3-5-15(13-16)14-10-11-14/h1-9,12-14H,10-11H2,(H,23,24). The fourth-order valence-electron chi connectivity index (χ4n) is 3.56. The third kappa shape index (κ3) is 2.52. The largest absolute Gasteiger partial charge is 0.321 e. The van der Waals surface area contributed by atoms with Crippen LogP contribution in [0.3, 0.4) is 0 Å². The van der Waals surface area contributed by atoms with Gasteiger partial charge in [-0.05, 0) is 47.4 Å². The van der Waals surface area contributed by atoms with Gasteiger partial charge in [0.05, 0.1) is 5.56 Å². The van der Waals surface area contributed by atoms with E-state index in [2.05, 4.69) is 35.3 Å². The van der Waals surface area contributed by atoms with E-state index >= 15 is 0 Å². The molecular formula is C22H17NOS. The maximum absolute atomic E-state index is 12.9. The van der Waals surface area contributed by atoms with Crippen molar-refractivity contribution in [1.82, 2.24) is 4.98 Å². The molecule has 0 saturated heterocycles. The van der Waals surface area contributed by atoms with Crippen LogP contribution in [0, 0.1) is 0 Å². The molecule has 0 atom stereocenters. The molecule has 122 valence electrons. The third-order valence-electron chi connectivity index (χ3n) is 4.91. The van der Waals surface area contributed by atoms with Crippen LogP contribution in [-0.4, -0.2) is 4.98 Å². The molecule has 1 saturated carbocycles. The van der Waals surface area contributed by atoms with Gasteiger partial charge in [-0.1, -0.05) is 48.5 Å². The van der Waals surface area contributed by atoms with Crippen molar-refractivity contribution in [2.45, 2.75) is 18.8 Å². The topological polar surface area (TPSA) is 32.9 Å². The molecule has 4 aromatic rings. The van der Waals surface area contributed by atoms with Crippen LogP contribution in [0.5, 0.6) is 0 Å². The zero-order valence-corrected chi connectivity index (χ0v) is 14.5. The quantitative estimate of drug-likeness (QED) is 0.501. The van der Waals surface area contributed by atoms with Crippen LogP contribution in [0.25, 0.3) is 32.5 Å². The molecule has 1 aliphatic rings. The van der Waals surface area contributed by atoms with Crippen LogP contribution in [0.1, 0.15) is 24.3 Å². The molecule has 1 aliphatic carbocycles. The van der Waals surface area contributed by atoms with Gasteiger partial charge in [0.1, 0.15) is 0 Å². The molecule has 2 nitrogen and oxygen atoms in total. The lowest BCUT2D eigenvalue weighted by Gasteiger charge is -2.13. The van der Waals surface area contributed by atoms with Gasteiger partial charge >= 0.3 is 0 Å². The van der Waals surface area contributed by atoms with Gasteiger partial charge in [0.25, 0.3) is 5.56 Å². The van der Waals surface area contributed by atoms with E-state index in [1.54, 1.807) is 11.3 Å². The summed E-state index contributed by atoms with van der Waals surface area (Å²) in [5.74, 6) is 0.693. The minimum atomic E-state index is -0.0204. The van der Waals surface area contributed by atoms with Gasteiger partial charge in [-0.3, -0.25) is 4.79 Å². The van der Waals surface area contributed by atoms with Crippen molar-refractivity contribution >= 4 is 22.2 Å². The van der Waals surface area contributed by atoms with Gasteiger partial charge in [-0.25, -0.2) is 0 Å². The number of benzene rings is 2. The van der Waals surface area contributed by atoms with E-state index in [1.165, 1.54) is 18.4 Å². The van der Waals surface area contributed by atoms with E-state index in [0.717, 1.165) is 32.5 Å². The first-order valence-electron chi connectivity index (χ1n) is 8.60. The van der Waals surface area contributed by atoms with Crippen molar-refractivity contribution < 1.29 is 0 Å². The average Bonchev–Trinajstić information content (AvgIpc) is 3.36. The summed E-state index contributed by atoms with van der Waals surface area (Å²) in [4.78, 5) is 17.0. The molecule has 5 rings (SSSR count). The van der Waals surface area contributed by atoms with Crippen LogP contribution in [-0.2, 0) is 0 Å². The van der Waals surface area contributed by atoms with Crippen LogP contribution < -0.4 is 5.56 Å². The molecule has 0 aliphatic heterocycles. The molecule has 2 aromatic heterocycles. The molecule has 0 unspecified atom stereocenters. The molecule has 0 amide bonds. The number of fused-ring (bicyclic) bond motifs is 1. The molecule has 1 N–H and O–H groups in total. The van der Waals surface area contributed by atoms with E-state index in [-0.39, 0.29) is 5.56 Å². The summed E-state index contributed by atoms with van der Waals surface area (Å²) < 4.78 is 0. The van der Waals surface area contributed by atoms with Crippen LogP contribution in [0.4, 0.5) is 0 Å². The Morgan fingerprint density at radius 1 is 0.920 bits per heavy atom. The monoisotopic (exact) mass is 343 g/mol. The lowest BCUT2D eigenvalue weighted by Crippen LogP contribution is -2.10. The van der Waals surface area contributed by atoms with Gasteiger partial charge in [-0.2, -0.15) is 0 Å². The SMILES string of the molecule is O=c1[nH]c2ccccc2c(-c2cccc(C3CC3)c2)c1-c1cccs1. The number of thiophene rings is 1. The van der Waals surface area contributed by atoms with Crippen molar-refractivity contribution in [3.05, 3.63) is 82.0 Å². The molecule has 25 heavy (non-hydrogen) atoms. The number of hydrogen-bond acceptors (Lipinski definition) is 2. The molecule has 3 heteroatoms. The number of aromatic amines is 1. The van der Waals surface area contributed by atoms with Crippen LogP contribution in [0.2, 0.25) is 0 Å². The number of aromatic nitrogens is 1. The fraction of sp³-hybridized carbons (Fsp3) is 0.136. The lowest BCUT2D eigenvalue weighted by atomic mass is 9.93. The number of rotatable bonds is 3. The second-order valence-electron chi connectivity index (χ2n) is 6.63. The zero-order chi connectivity index (χ0) is 16.8. The molecule has 2 heterocycles. The highest BCUT2D eigenvalue weighted by molar-refractivity contribution is 7.13. The summed E-state index contributed by atoms with van der Waals surface area (Å²) in [5.41, 5.74) is 5.22. The Bertz CT molecular complexity index is 1120. The van der Waals surface area contributed by atoms with E-state index in [1.807, 2.05) is 35.7 Å². The third-order valence-corrected chi connectivity index (χ3v) is 5.80. The molecule has 0 radical (unpaired) electrons. The Morgan fingerprint density at radius 3 is 2.60 bits per heavy atom. The highest BCUT2D eigenvalue weighted by Gasteiger charge is 2.24. The first kappa shape index (κ1) is 14.7. The van der Waals surface area contributed by atoms with Crippen LogP contribution in [0.15, 0.2) is 70.8 Å². The summed E-state index contributed by atoms with van der Waals surface area (Å²) in [7, 11) is 0. The highest BCUT2D eigenvalue weighted by atomic mass is 32.1. The van der Waals surface area contributed by atoms with Crippen molar-refractivity contribution in [1.29, 1.82) is 0 Å². The maximum atomic E-state index is 12.9. The number of pyridine rings is 1. The average molecular weight is 343 g/mol. The predicted molar refractivity (Wildman–Crippen MR) is 105 cm³/mol. The first-order valence-corrected chi connectivity index (χ1v) is 9.48. The van der Waals surface area contributed by atoms with E-state index in [0.29, 0.717) is 5.92 Å². The second kappa shape index (κ2) is 5.71. The zero-order valence-electron chi connectivity index (χ0n) is 13.7. The Hall–Kier alpha value is -2.65. The number of hydrogen-bond donors (Lipinski definition) is 1. The minimum absolute atomic E-state index is 0.0204. The Kier molecular flexibility index (Phi) is 3.35.